The van der Waals surface area contributed by atoms with Gasteiger partial charge in [0.15, 0.2) is 0 Å². The van der Waals surface area contributed by atoms with Crippen molar-refractivity contribution in [2.75, 3.05) is 20.1 Å². The molecule has 126 valence electrons. The number of carbonyl (C=O) groups excluding carboxylic acids is 1. The van der Waals surface area contributed by atoms with Crippen molar-refractivity contribution in [3.63, 3.8) is 0 Å². The van der Waals surface area contributed by atoms with Crippen molar-refractivity contribution in [3.05, 3.63) is 35.6 Å². The smallest absolute Gasteiger partial charge is 0.225 e. The number of hydrogen-bond acceptors (Lipinski definition) is 2. The van der Waals surface area contributed by atoms with E-state index < -0.39 is 0 Å². The van der Waals surface area contributed by atoms with Crippen molar-refractivity contribution in [1.29, 1.82) is 0 Å². The molecule has 0 aromatic heterocycles. The lowest BCUT2D eigenvalue weighted by Crippen LogP contribution is -2.41. The summed E-state index contributed by atoms with van der Waals surface area (Å²) in [6.45, 7) is 7.15. The van der Waals surface area contributed by atoms with E-state index in [0.29, 0.717) is 31.5 Å². The van der Waals surface area contributed by atoms with E-state index in [2.05, 4.69) is 0 Å². The minimum Gasteiger partial charge on any atom is -0.345 e. The first-order valence-electron chi connectivity index (χ1n) is 7.45. The molecule has 0 heterocycles. The van der Waals surface area contributed by atoms with E-state index in [1.54, 1.807) is 24.1 Å². The summed E-state index contributed by atoms with van der Waals surface area (Å²) in [6.07, 6.45) is 1.22. The Kier molecular flexibility index (Phi) is 8.64. The highest BCUT2D eigenvalue weighted by molar-refractivity contribution is 5.85. The Morgan fingerprint density at radius 1 is 1.36 bits per heavy atom. The quantitative estimate of drug-likeness (QED) is 0.834. The molecule has 1 atom stereocenters. The summed E-state index contributed by atoms with van der Waals surface area (Å²) in [5.41, 5.74) is 6.28. The number of hydrogen-bond donors (Lipinski definition) is 1. The Morgan fingerprint density at radius 3 is 2.50 bits per heavy atom. The van der Waals surface area contributed by atoms with E-state index in [4.69, 9.17) is 5.73 Å². The molecule has 0 spiro atoms. The summed E-state index contributed by atoms with van der Waals surface area (Å²) >= 11 is 0. The second-order valence-corrected chi connectivity index (χ2v) is 6.59. The highest BCUT2D eigenvalue weighted by atomic mass is 35.5. The zero-order valence-corrected chi connectivity index (χ0v) is 14.8. The van der Waals surface area contributed by atoms with Gasteiger partial charge in [-0.25, -0.2) is 4.39 Å². The monoisotopic (exact) mass is 330 g/mol. The number of rotatable bonds is 7. The van der Waals surface area contributed by atoms with Crippen molar-refractivity contribution >= 4 is 18.3 Å². The molecule has 2 N–H and O–H groups in total. The van der Waals surface area contributed by atoms with Crippen LogP contribution in [0.4, 0.5) is 4.39 Å². The summed E-state index contributed by atoms with van der Waals surface area (Å²) < 4.78 is 13.6. The minimum absolute atomic E-state index is 0. The number of carbonyl (C=O) groups is 1. The van der Waals surface area contributed by atoms with E-state index in [0.717, 1.165) is 0 Å². The lowest BCUT2D eigenvalue weighted by Gasteiger charge is -2.30. The fourth-order valence-corrected chi connectivity index (χ4v) is 2.36. The van der Waals surface area contributed by atoms with E-state index in [1.165, 1.54) is 6.07 Å². The van der Waals surface area contributed by atoms with Gasteiger partial charge in [-0.1, -0.05) is 39.0 Å². The Morgan fingerprint density at radius 2 is 1.95 bits per heavy atom. The molecule has 1 aromatic carbocycles. The van der Waals surface area contributed by atoms with Crippen LogP contribution in [-0.2, 0) is 11.2 Å². The van der Waals surface area contributed by atoms with Gasteiger partial charge < -0.3 is 10.6 Å². The molecule has 0 aliphatic rings. The van der Waals surface area contributed by atoms with Crippen LogP contribution < -0.4 is 5.73 Å². The zero-order valence-electron chi connectivity index (χ0n) is 13.9. The van der Waals surface area contributed by atoms with E-state index in [1.807, 2.05) is 26.8 Å². The molecule has 5 heteroatoms. The highest BCUT2D eigenvalue weighted by Gasteiger charge is 2.24. The Bertz CT molecular complexity index is 479. The van der Waals surface area contributed by atoms with Gasteiger partial charge in [-0.2, -0.15) is 0 Å². The molecule has 0 fully saturated rings. The highest BCUT2D eigenvalue weighted by Crippen LogP contribution is 2.18. The van der Waals surface area contributed by atoms with Crippen LogP contribution in [0.25, 0.3) is 0 Å². The summed E-state index contributed by atoms with van der Waals surface area (Å²) in [5, 5.41) is 0. The molecule has 1 aromatic rings. The van der Waals surface area contributed by atoms with E-state index in [-0.39, 0.29) is 35.5 Å². The van der Waals surface area contributed by atoms with Gasteiger partial charge in [0.05, 0.1) is 0 Å². The van der Waals surface area contributed by atoms with Gasteiger partial charge in [0.25, 0.3) is 0 Å². The Balaban J connectivity index is 0.00000441. The average Bonchev–Trinajstić information content (AvgIpc) is 2.44. The van der Waals surface area contributed by atoms with Crippen LogP contribution in [0.5, 0.6) is 0 Å². The molecule has 0 aliphatic carbocycles. The van der Waals surface area contributed by atoms with E-state index >= 15 is 0 Å². The number of amides is 1. The average molecular weight is 331 g/mol. The van der Waals surface area contributed by atoms with Gasteiger partial charge in [-0.15, -0.1) is 12.4 Å². The molecule has 0 aliphatic heterocycles. The number of benzene rings is 1. The molecule has 1 unspecified atom stereocenters. The van der Waals surface area contributed by atoms with Gasteiger partial charge in [0.1, 0.15) is 5.82 Å². The zero-order chi connectivity index (χ0) is 16.0. The standard InChI is InChI=1S/C17H27FN2O.ClH/c1-13(9-10-14-7-5-6-8-15(14)18)16(21)20(4)12-17(2,3)11-19;/h5-8,13H,9-12,19H2,1-4H3;1H. The lowest BCUT2D eigenvalue weighted by molar-refractivity contribution is -0.135. The molecule has 1 rings (SSSR count). The third-order valence-electron chi connectivity index (χ3n) is 3.82. The van der Waals surface area contributed by atoms with Crippen LogP contribution >= 0.6 is 12.4 Å². The largest absolute Gasteiger partial charge is 0.345 e. The predicted octanol–water partition coefficient (Wildman–Crippen LogP) is 3.26. The normalized spacial score (nSPS) is 12.5. The van der Waals surface area contributed by atoms with Gasteiger partial charge in [0, 0.05) is 19.5 Å². The van der Waals surface area contributed by atoms with Crippen LogP contribution in [0, 0.1) is 17.2 Å². The molecule has 0 bridgehead atoms. The van der Waals surface area contributed by atoms with Crippen molar-refractivity contribution in [2.45, 2.75) is 33.6 Å². The molecule has 22 heavy (non-hydrogen) atoms. The third-order valence-corrected chi connectivity index (χ3v) is 3.82. The fourth-order valence-electron chi connectivity index (χ4n) is 2.36. The van der Waals surface area contributed by atoms with Crippen LogP contribution in [0.3, 0.4) is 0 Å². The van der Waals surface area contributed by atoms with Crippen molar-refractivity contribution in [3.8, 4) is 0 Å². The first kappa shape index (κ1) is 20.9. The number of nitrogens with two attached hydrogens (primary N) is 1. The number of halogens is 2. The van der Waals surface area contributed by atoms with Crippen LogP contribution in [-0.4, -0.2) is 30.9 Å². The number of nitrogens with zero attached hydrogens (tertiary/aromatic N) is 1. The van der Waals surface area contributed by atoms with Gasteiger partial charge in [-0.05, 0) is 36.4 Å². The maximum atomic E-state index is 13.6. The Labute approximate surface area is 139 Å². The molecular weight excluding hydrogens is 303 g/mol. The van der Waals surface area contributed by atoms with Crippen LogP contribution in [0.2, 0.25) is 0 Å². The maximum absolute atomic E-state index is 13.6. The van der Waals surface area contributed by atoms with Crippen LogP contribution in [0.15, 0.2) is 24.3 Å². The topological polar surface area (TPSA) is 46.3 Å². The second-order valence-electron chi connectivity index (χ2n) is 6.59. The summed E-state index contributed by atoms with van der Waals surface area (Å²) in [5.74, 6) is -0.231. The van der Waals surface area contributed by atoms with Gasteiger partial charge in [0.2, 0.25) is 5.91 Å². The minimum atomic E-state index is -0.199. The van der Waals surface area contributed by atoms with Gasteiger partial charge in [-0.3, -0.25) is 4.79 Å². The predicted molar refractivity (Wildman–Crippen MR) is 91.6 cm³/mol. The summed E-state index contributed by atoms with van der Waals surface area (Å²) in [6, 6.07) is 6.72. The molecule has 1 amide bonds. The SMILES string of the molecule is CC(CCc1ccccc1F)C(=O)N(C)CC(C)(C)CN.Cl. The molecule has 0 saturated carbocycles. The lowest BCUT2D eigenvalue weighted by atomic mass is 9.92. The second kappa shape index (κ2) is 9.11. The molecule has 0 radical (unpaired) electrons. The number of aryl methyl sites for hydroxylation is 1. The Hall–Kier alpha value is -1.13. The first-order chi connectivity index (χ1) is 9.76. The maximum Gasteiger partial charge on any atom is 0.225 e. The third kappa shape index (κ3) is 6.32. The molecular formula is C17H28ClFN2O. The summed E-state index contributed by atoms with van der Waals surface area (Å²) in [4.78, 5) is 14.1. The van der Waals surface area contributed by atoms with Crippen molar-refractivity contribution < 1.29 is 9.18 Å². The van der Waals surface area contributed by atoms with Gasteiger partial charge >= 0.3 is 0 Å². The van der Waals surface area contributed by atoms with Crippen molar-refractivity contribution in [2.24, 2.45) is 17.1 Å². The first-order valence-corrected chi connectivity index (χ1v) is 7.45. The fraction of sp³-hybridized carbons (Fsp3) is 0.588. The molecule has 0 saturated heterocycles. The summed E-state index contributed by atoms with van der Waals surface area (Å²) in [7, 11) is 1.80. The van der Waals surface area contributed by atoms with Crippen molar-refractivity contribution in [1.82, 2.24) is 4.90 Å². The van der Waals surface area contributed by atoms with E-state index in [9.17, 15) is 9.18 Å². The molecule has 3 nitrogen and oxygen atoms in total. The van der Waals surface area contributed by atoms with Crippen LogP contribution in [0.1, 0.15) is 32.8 Å².